The van der Waals surface area contributed by atoms with Crippen molar-refractivity contribution in [2.24, 2.45) is 0 Å². The summed E-state index contributed by atoms with van der Waals surface area (Å²) in [7, 11) is -3.68. The summed E-state index contributed by atoms with van der Waals surface area (Å²) in [5.74, 6) is -0.776. The lowest BCUT2D eigenvalue weighted by Gasteiger charge is -2.19. The topological polar surface area (TPSA) is 104 Å². The molecule has 2 aromatic carbocycles. The second kappa shape index (κ2) is 9.62. The van der Waals surface area contributed by atoms with Gasteiger partial charge in [0.15, 0.2) is 0 Å². The Morgan fingerprint density at radius 2 is 1.59 bits per heavy atom. The van der Waals surface area contributed by atoms with Gasteiger partial charge in [-0.3, -0.25) is 19.3 Å². The van der Waals surface area contributed by atoms with E-state index in [9.17, 15) is 22.8 Å². The molecule has 2 aromatic rings. The number of rotatable bonds is 8. The number of hydrogen-bond donors (Lipinski definition) is 1. The van der Waals surface area contributed by atoms with Crippen molar-refractivity contribution in [3.05, 3.63) is 59.2 Å². The number of anilines is 1. The van der Waals surface area contributed by atoms with Crippen molar-refractivity contribution in [3.63, 3.8) is 0 Å². The highest BCUT2D eigenvalue weighted by molar-refractivity contribution is 7.89. The summed E-state index contributed by atoms with van der Waals surface area (Å²) in [5.41, 5.74) is 2.23. The maximum atomic E-state index is 12.9. The molecule has 1 fully saturated rings. The van der Waals surface area contributed by atoms with E-state index in [0.29, 0.717) is 24.3 Å². The number of carbonyl (C=O) groups excluding carboxylic acids is 3. The van der Waals surface area contributed by atoms with E-state index < -0.39 is 15.9 Å². The highest BCUT2D eigenvalue weighted by Crippen LogP contribution is 2.22. The van der Waals surface area contributed by atoms with Crippen molar-refractivity contribution in [1.82, 2.24) is 9.21 Å². The van der Waals surface area contributed by atoms with Gasteiger partial charge in [0.05, 0.1) is 11.4 Å². The van der Waals surface area contributed by atoms with Gasteiger partial charge in [0.2, 0.25) is 21.8 Å². The molecule has 1 aliphatic heterocycles. The van der Waals surface area contributed by atoms with Gasteiger partial charge in [-0.25, -0.2) is 8.42 Å². The minimum atomic E-state index is -3.68. The Bertz CT molecular complexity index is 1120. The minimum absolute atomic E-state index is 0.0762. The molecule has 3 amide bonds. The lowest BCUT2D eigenvalue weighted by atomic mass is 10.1. The Hall–Kier alpha value is -3.04. The van der Waals surface area contributed by atoms with Crippen LogP contribution in [0.1, 0.15) is 48.2 Å². The van der Waals surface area contributed by atoms with Gasteiger partial charge in [0, 0.05) is 37.2 Å². The lowest BCUT2D eigenvalue weighted by molar-refractivity contribution is -0.139. The first-order valence-corrected chi connectivity index (χ1v) is 12.0. The fraction of sp³-hybridized carbons (Fsp3) is 0.348. The summed E-state index contributed by atoms with van der Waals surface area (Å²) in [6, 6.07) is 11.4. The van der Waals surface area contributed by atoms with Crippen molar-refractivity contribution in [3.8, 4) is 0 Å². The molecular weight excluding hydrogens is 430 g/mol. The number of nitrogens with one attached hydrogen (secondary N) is 1. The molecule has 1 N–H and O–H groups in total. The van der Waals surface area contributed by atoms with Crippen molar-refractivity contribution in [2.45, 2.75) is 45.1 Å². The molecule has 170 valence electrons. The van der Waals surface area contributed by atoms with Crippen LogP contribution in [0, 0.1) is 6.92 Å². The number of hydrogen-bond acceptors (Lipinski definition) is 5. The van der Waals surface area contributed by atoms with Crippen LogP contribution in [0.5, 0.6) is 0 Å². The number of amides is 3. The largest absolute Gasteiger partial charge is 0.322 e. The van der Waals surface area contributed by atoms with Crippen LogP contribution in [0.3, 0.4) is 0 Å². The Morgan fingerprint density at radius 1 is 1.00 bits per heavy atom. The van der Waals surface area contributed by atoms with E-state index in [2.05, 4.69) is 5.32 Å². The molecule has 32 heavy (non-hydrogen) atoms. The fourth-order valence-electron chi connectivity index (χ4n) is 3.59. The molecule has 3 rings (SSSR count). The monoisotopic (exact) mass is 457 g/mol. The Balaban J connectivity index is 1.76. The molecule has 0 unspecified atom stereocenters. The van der Waals surface area contributed by atoms with Crippen LogP contribution >= 0.6 is 0 Å². The van der Waals surface area contributed by atoms with Crippen LogP contribution in [0.15, 0.2) is 47.4 Å². The van der Waals surface area contributed by atoms with Gasteiger partial charge in [0.1, 0.15) is 0 Å². The zero-order chi connectivity index (χ0) is 23.5. The predicted octanol–water partition coefficient (Wildman–Crippen LogP) is 2.93. The molecule has 0 radical (unpaired) electrons. The molecule has 0 atom stereocenters. The van der Waals surface area contributed by atoms with E-state index in [0.717, 1.165) is 5.56 Å². The highest BCUT2D eigenvalue weighted by atomic mass is 32.2. The highest BCUT2D eigenvalue weighted by Gasteiger charge is 2.28. The van der Waals surface area contributed by atoms with Gasteiger partial charge >= 0.3 is 0 Å². The summed E-state index contributed by atoms with van der Waals surface area (Å²) < 4.78 is 27.0. The second-order valence-electron chi connectivity index (χ2n) is 7.59. The summed E-state index contributed by atoms with van der Waals surface area (Å²) in [6.45, 7) is 6.17. The molecule has 1 saturated heterocycles. The van der Waals surface area contributed by atoms with Gasteiger partial charge in [0.25, 0.3) is 5.91 Å². The van der Waals surface area contributed by atoms with Gasteiger partial charge in [-0.15, -0.1) is 0 Å². The normalized spacial score (nSPS) is 14.3. The summed E-state index contributed by atoms with van der Waals surface area (Å²) >= 11 is 0. The first-order valence-electron chi connectivity index (χ1n) is 10.5. The third-order valence-corrected chi connectivity index (χ3v) is 7.55. The molecule has 1 heterocycles. The molecule has 1 aliphatic rings. The fourth-order valence-corrected chi connectivity index (χ4v) is 5.08. The first-order chi connectivity index (χ1) is 15.2. The van der Waals surface area contributed by atoms with Crippen LogP contribution in [0.2, 0.25) is 0 Å². The van der Waals surface area contributed by atoms with E-state index >= 15 is 0 Å². The van der Waals surface area contributed by atoms with Gasteiger partial charge in [-0.1, -0.05) is 32.0 Å². The van der Waals surface area contributed by atoms with E-state index in [1.165, 1.54) is 21.3 Å². The van der Waals surface area contributed by atoms with Crippen LogP contribution in [0.25, 0.3) is 0 Å². The summed E-state index contributed by atoms with van der Waals surface area (Å²) in [4.78, 5) is 37.7. The smallest absolute Gasteiger partial charge is 0.255 e. The van der Waals surface area contributed by atoms with Crippen LogP contribution in [0.4, 0.5) is 5.69 Å². The number of aryl methyl sites for hydroxylation is 1. The summed E-state index contributed by atoms with van der Waals surface area (Å²) in [5, 5.41) is 2.78. The lowest BCUT2D eigenvalue weighted by Crippen LogP contribution is -2.30. The van der Waals surface area contributed by atoms with E-state index in [-0.39, 0.29) is 41.7 Å². The third kappa shape index (κ3) is 4.89. The van der Waals surface area contributed by atoms with Crippen molar-refractivity contribution >= 4 is 33.4 Å². The average Bonchev–Trinajstić information content (AvgIpc) is 3.08. The number of carbonyl (C=O) groups is 3. The second-order valence-corrected chi connectivity index (χ2v) is 9.53. The number of likely N-dealkylation sites (tertiary alicyclic amines) is 1. The average molecular weight is 458 g/mol. The van der Waals surface area contributed by atoms with E-state index in [4.69, 9.17) is 0 Å². The van der Waals surface area contributed by atoms with Gasteiger partial charge in [-0.2, -0.15) is 4.31 Å². The quantitative estimate of drug-likeness (QED) is 0.614. The molecule has 9 heteroatoms. The molecule has 0 aliphatic carbocycles. The first kappa shape index (κ1) is 23.6. The Labute approximate surface area is 188 Å². The molecule has 8 nitrogen and oxygen atoms in total. The zero-order valence-corrected chi connectivity index (χ0v) is 19.2. The Morgan fingerprint density at radius 3 is 2.16 bits per heavy atom. The van der Waals surface area contributed by atoms with E-state index in [1.54, 1.807) is 51.1 Å². The number of benzene rings is 2. The minimum Gasteiger partial charge on any atom is -0.322 e. The molecule has 0 spiro atoms. The molecule has 0 aromatic heterocycles. The Kier molecular flexibility index (Phi) is 7.10. The summed E-state index contributed by atoms with van der Waals surface area (Å²) in [6.07, 6.45) is 0.491. The van der Waals surface area contributed by atoms with Crippen molar-refractivity contribution in [2.75, 3.05) is 18.4 Å². The molecular formula is C23H27N3O5S. The standard InChI is InChI=1S/C23H27N3O5S/c1-4-25(5-2)32(30,31)19-11-6-16(3)20(14-19)23(29)24-18-9-7-17(8-10-18)15-26-21(27)12-13-22(26)28/h6-11,14H,4-5,12-13,15H2,1-3H3,(H,24,29). The van der Waals surface area contributed by atoms with Crippen molar-refractivity contribution in [1.29, 1.82) is 0 Å². The predicted molar refractivity (Wildman–Crippen MR) is 120 cm³/mol. The van der Waals surface area contributed by atoms with Gasteiger partial charge < -0.3 is 5.32 Å². The van der Waals surface area contributed by atoms with Crippen LogP contribution < -0.4 is 5.32 Å². The zero-order valence-electron chi connectivity index (χ0n) is 18.4. The SMILES string of the molecule is CCN(CC)S(=O)(=O)c1ccc(C)c(C(=O)Nc2ccc(CN3C(=O)CCC3=O)cc2)c1. The maximum absolute atomic E-state index is 12.9. The number of imide groups is 1. The third-order valence-electron chi connectivity index (χ3n) is 5.50. The van der Waals surface area contributed by atoms with Crippen LogP contribution in [-0.4, -0.2) is 48.4 Å². The molecule has 0 bridgehead atoms. The van der Waals surface area contributed by atoms with Crippen LogP contribution in [-0.2, 0) is 26.2 Å². The number of sulfonamides is 1. The molecule has 0 saturated carbocycles. The van der Waals surface area contributed by atoms with E-state index in [1.807, 2.05) is 0 Å². The van der Waals surface area contributed by atoms with Crippen molar-refractivity contribution < 1.29 is 22.8 Å². The number of nitrogens with zero attached hydrogens (tertiary/aromatic N) is 2. The van der Waals surface area contributed by atoms with Gasteiger partial charge in [-0.05, 0) is 42.3 Å². The maximum Gasteiger partial charge on any atom is 0.255 e.